The number of rotatable bonds is 5. The summed E-state index contributed by atoms with van der Waals surface area (Å²) in [5.74, 6) is 1.30. The Hall–Kier alpha value is -1.94. The summed E-state index contributed by atoms with van der Waals surface area (Å²) in [6.07, 6.45) is 5.94. The molecule has 0 amide bonds. The zero-order valence-corrected chi connectivity index (χ0v) is 13.1. The number of carbonyl (C=O) groups is 1. The van der Waals surface area contributed by atoms with Crippen molar-refractivity contribution in [1.82, 2.24) is 14.9 Å². The molecule has 2 aromatic rings. The van der Waals surface area contributed by atoms with E-state index in [1.165, 1.54) is 12.8 Å². The molecule has 116 valence electrons. The number of H-pyrrole nitrogens is 1. The zero-order chi connectivity index (χ0) is 15.4. The average molecular weight is 297 g/mol. The van der Waals surface area contributed by atoms with Crippen LogP contribution >= 0.6 is 0 Å². The number of likely N-dealkylation sites (tertiary alicyclic amines) is 1. The molecule has 1 saturated heterocycles. The molecule has 1 unspecified atom stereocenters. The molecule has 1 fully saturated rings. The van der Waals surface area contributed by atoms with Gasteiger partial charge in [-0.15, -0.1) is 0 Å². The highest BCUT2D eigenvalue weighted by atomic mass is 16.1. The van der Waals surface area contributed by atoms with Gasteiger partial charge in [0, 0.05) is 6.42 Å². The second kappa shape index (κ2) is 6.88. The Morgan fingerprint density at radius 2 is 2.14 bits per heavy atom. The second-order valence-electron chi connectivity index (χ2n) is 5.92. The van der Waals surface area contributed by atoms with Crippen molar-refractivity contribution in [3.05, 3.63) is 42.4 Å². The molecule has 4 heteroatoms. The van der Waals surface area contributed by atoms with Crippen LogP contribution in [0.3, 0.4) is 0 Å². The first-order chi connectivity index (χ1) is 10.8. The number of nitrogens with zero attached hydrogens (tertiary/aromatic N) is 2. The van der Waals surface area contributed by atoms with Crippen LogP contribution in [0.4, 0.5) is 0 Å². The topological polar surface area (TPSA) is 49.0 Å². The van der Waals surface area contributed by atoms with E-state index in [0.29, 0.717) is 18.7 Å². The molecule has 1 aromatic carbocycles. The van der Waals surface area contributed by atoms with E-state index in [9.17, 15) is 4.79 Å². The first-order valence-electron chi connectivity index (χ1n) is 8.14. The molecule has 4 nitrogen and oxygen atoms in total. The van der Waals surface area contributed by atoms with Crippen LogP contribution in [0.25, 0.3) is 11.3 Å². The predicted molar refractivity (Wildman–Crippen MR) is 87.5 cm³/mol. The van der Waals surface area contributed by atoms with Crippen molar-refractivity contribution in [3.63, 3.8) is 0 Å². The third-order valence-electron chi connectivity index (χ3n) is 4.38. The molecule has 1 aliphatic heterocycles. The molecule has 1 atom stereocenters. The quantitative estimate of drug-likeness (QED) is 0.917. The van der Waals surface area contributed by atoms with Gasteiger partial charge < -0.3 is 4.98 Å². The molecule has 1 N–H and O–H groups in total. The summed E-state index contributed by atoms with van der Waals surface area (Å²) < 4.78 is 0. The number of imidazole rings is 1. The van der Waals surface area contributed by atoms with Crippen LogP contribution in [-0.2, 0) is 4.79 Å². The lowest BCUT2D eigenvalue weighted by atomic mass is 10.0. The fourth-order valence-electron chi connectivity index (χ4n) is 3.10. The van der Waals surface area contributed by atoms with Gasteiger partial charge in [0.25, 0.3) is 0 Å². The number of aromatic amines is 1. The number of Topliss-reactive ketones (excluding diaryl/α,β-unsaturated/α-hetero) is 1. The molecule has 1 aromatic heterocycles. The van der Waals surface area contributed by atoms with Crippen molar-refractivity contribution in [2.45, 2.75) is 38.6 Å². The minimum Gasteiger partial charge on any atom is -0.341 e. The van der Waals surface area contributed by atoms with E-state index in [1.54, 1.807) is 0 Å². The first-order valence-corrected chi connectivity index (χ1v) is 8.14. The maximum absolute atomic E-state index is 11.8. The third kappa shape index (κ3) is 3.28. The van der Waals surface area contributed by atoms with Crippen LogP contribution in [0.1, 0.15) is 44.5 Å². The highest BCUT2D eigenvalue weighted by Crippen LogP contribution is 2.30. The number of aromatic nitrogens is 2. The van der Waals surface area contributed by atoms with E-state index in [2.05, 4.69) is 27.0 Å². The summed E-state index contributed by atoms with van der Waals surface area (Å²) in [5.41, 5.74) is 2.19. The van der Waals surface area contributed by atoms with E-state index < -0.39 is 0 Å². The molecule has 0 spiro atoms. The average Bonchev–Trinajstić information content (AvgIpc) is 3.06. The van der Waals surface area contributed by atoms with Gasteiger partial charge in [-0.2, -0.15) is 0 Å². The van der Waals surface area contributed by atoms with E-state index >= 15 is 0 Å². The molecule has 22 heavy (non-hydrogen) atoms. The maximum Gasteiger partial charge on any atom is 0.146 e. The molecule has 0 bridgehead atoms. The van der Waals surface area contributed by atoms with Crippen LogP contribution in [0.15, 0.2) is 36.5 Å². The van der Waals surface area contributed by atoms with Crippen LogP contribution in [0, 0.1) is 0 Å². The van der Waals surface area contributed by atoms with Crippen LogP contribution in [0.2, 0.25) is 0 Å². The fraction of sp³-hybridized carbons (Fsp3) is 0.444. The van der Waals surface area contributed by atoms with Crippen molar-refractivity contribution < 1.29 is 4.79 Å². The van der Waals surface area contributed by atoms with E-state index in [0.717, 1.165) is 30.0 Å². The van der Waals surface area contributed by atoms with Gasteiger partial charge in [-0.1, -0.05) is 43.7 Å². The minimum absolute atomic E-state index is 0.238. The van der Waals surface area contributed by atoms with Gasteiger partial charge in [0.15, 0.2) is 0 Å². The SMILES string of the molecule is CCC(=O)CN1CCCCC1c1ncc(-c2ccccc2)[nH]1. The third-order valence-corrected chi connectivity index (χ3v) is 4.38. The van der Waals surface area contributed by atoms with Gasteiger partial charge in [0.05, 0.1) is 24.5 Å². The Kier molecular flexibility index (Phi) is 4.68. The van der Waals surface area contributed by atoms with Crippen molar-refractivity contribution >= 4 is 5.78 Å². The van der Waals surface area contributed by atoms with Gasteiger partial charge in [0.2, 0.25) is 0 Å². The highest BCUT2D eigenvalue weighted by Gasteiger charge is 2.27. The minimum atomic E-state index is 0.238. The summed E-state index contributed by atoms with van der Waals surface area (Å²) in [5, 5.41) is 0. The van der Waals surface area contributed by atoms with Gasteiger partial charge >= 0.3 is 0 Å². The molecule has 0 saturated carbocycles. The Morgan fingerprint density at radius 1 is 1.32 bits per heavy atom. The zero-order valence-electron chi connectivity index (χ0n) is 13.1. The number of benzene rings is 1. The largest absolute Gasteiger partial charge is 0.341 e. The van der Waals surface area contributed by atoms with Crippen molar-refractivity contribution in [2.75, 3.05) is 13.1 Å². The number of hydrogen-bond donors (Lipinski definition) is 1. The van der Waals surface area contributed by atoms with Gasteiger partial charge in [-0.05, 0) is 24.9 Å². The molecule has 0 aliphatic carbocycles. The number of nitrogens with one attached hydrogen (secondary N) is 1. The van der Waals surface area contributed by atoms with Crippen LogP contribution < -0.4 is 0 Å². The van der Waals surface area contributed by atoms with E-state index in [1.807, 2.05) is 31.3 Å². The number of carbonyl (C=O) groups excluding carboxylic acids is 1. The Bertz CT molecular complexity index is 620. The fourth-order valence-corrected chi connectivity index (χ4v) is 3.10. The molecule has 3 rings (SSSR count). The molecule has 0 radical (unpaired) electrons. The summed E-state index contributed by atoms with van der Waals surface area (Å²) in [7, 11) is 0. The van der Waals surface area contributed by atoms with Crippen molar-refractivity contribution in [1.29, 1.82) is 0 Å². The van der Waals surface area contributed by atoms with E-state index in [4.69, 9.17) is 0 Å². The van der Waals surface area contributed by atoms with Gasteiger partial charge in [-0.25, -0.2) is 4.98 Å². The maximum atomic E-state index is 11.8. The summed E-state index contributed by atoms with van der Waals surface area (Å²) in [6.45, 7) is 3.46. The monoisotopic (exact) mass is 297 g/mol. The van der Waals surface area contributed by atoms with Crippen LogP contribution in [-0.4, -0.2) is 33.7 Å². The summed E-state index contributed by atoms with van der Waals surface area (Å²) >= 11 is 0. The predicted octanol–water partition coefficient (Wildman–Crippen LogP) is 3.58. The molecular formula is C18H23N3O. The first kappa shape index (κ1) is 15.0. The highest BCUT2D eigenvalue weighted by molar-refractivity contribution is 5.80. The van der Waals surface area contributed by atoms with E-state index in [-0.39, 0.29) is 6.04 Å². The Labute approximate surface area is 131 Å². The van der Waals surface area contributed by atoms with Gasteiger partial charge in [0.1, 0.15) is 11.6 Å². The summed E-state index contributed by atoms with van der Waals surface area (Å²) in [4.78, 5) is 22.1. The van der Waals surface area contributed by atoms with Gasteiger partial charge in [-0.3, -0.25) is 9.69 Å². The molecule has 2 heterocycles. The normalized spacial score (nSPS) is 19.2. The lowest BCUT2D eigenvalue weighted by Gasteiger charge is -2.33. The lowest BCUT2D eigenvalue weighted by Crippen LogP contribution is -2.37. The molecular weight excluding hydrogens is 274 g/mol. The summed E-state index contributed by atoms with van der Waals surface area (Å²) in [6, 6.07) is 10.5. The second-order valence-corrected chi connectivity index (χ2v) is 5.92. The smallest absolute Gasteiger partial charge is 0.146 e. The lowest BCUT2D eigenvalue weighted by molar-refractivity contribution is -0.120. The number of ketones is 1. The Morgan fingerprint density at radius 3 is 2.91 bits per heavy atom. The molecule has 1 aliphatic rings. The number of piperidine rings is 1. The Balaban J connectivity index is 1.79. The number of hydrogen-bond acceptors (Lipinski definition) is 3. The standard InChI is InChI=1S/C18H23N3O/c1-2-15(22)13-21-11-7-6-10-17(21)18-19-12-16(20-18)14-8-4-3-5-9-14/h3-5,8-9,12,17H,2,6-7,10-11,13H2,1H3,(H,19,20). The van der Waals surface area contributed by atoms with Crippen LogP contribution in [0.5, 0.6) is 0 Å². The van der Waals surface area contributed by atoms with Crippen molar-refractivity contribution in [3.8, 4) is 11.3 Å². The van der Waals surface area contributed by atoms with Crippen molar-refractivity contribution in [2.24, 2.45) is 0 Å².